The standard InChI is InChI=1S/C25H33N7OS/c1-4-31-11-13-32(14-12-31)18-9-10-20(26-15-18)28-25-27-16-19-22(29-25)21(17-7-5-6-8-17)23(34-19)24(33)30(2)3/h9-10,15-17H,4-8,11-14H2,1-3H3,(H,26,27,28,29). The number of aromatic nitrogens is 3. The number of thiophene rings is 1. The number of nitrogens with zero attached hydrogens (tertiary/aromatic N) is 6. The third-order valence-corrected chi connectivity index (χ3v) is 8.12. The normalized spacial score (nSPS) is 17.4. The highest BCUT2D eigenvalue weighted by molar-refractivity contribution is 7.21. The zero-order valence-electron chi connectivity index (χ0n) is 20.3. The van der Waals surface area contributed by atoms with Crippen molar-refractivity contribution in [2.45, 2.75) is 38.5 Å². The van der Waals surface area contributed by atoms with Gasteiger partial charge in [0.05, 0.1) is 33.2 Å². The lowest BCUT2D eigenvalue weighted by atomic mass is 9.96. The van der Waals surface area contributed by atoms with E-state index in [2.05, 4.69) is 38.1 Å². The number of carbonyl (C=O) groups excluding carboxylic acids is 1. The maximum absolute atomic E-state index is 12.9. The molecule has 1 saturated carbocycles. The molecule has 0 aromatic carbocycles. The van der Waals surface area contributed by atoms with E-state index in [4.69, 9.17) is 4.98 Å². The minimum atomic E-state index is 0.0523. The molecule has 5 rings (SSSR count). The average Bonchev–Trinajstić information content (AvgIpc) is 3.51. The minimum Gasteiger partial charge on any atom is -0.368 e. The van der Waals surface area contributed by atoms with E-state index in [0.717, 1.165) is 77.7 Å². The molecule has 1 amide bonds. The third kappa shape index (κ3) is 4.59. The molecule has 0 bridgehead atoms. The van der Waals surface area contributed by atoms with E-state index in [1.165, 1.54) is 24.2 Å². The van der Waals surface area contributed by atoms with E-state index in [1.54, 1.807) is 4.90 Å². The Morgan fingerprint density at radius 1 is 1.12 bits per heavy atom. The quantitative estimate of drug-likeness (QED) is 0.564. The SMILES string of the molecule is CCN1CCN(c2ccc(Nc3ncc4sc(C(=O)N(C)C)c(C5CCCC5)c4n3)nc2)CC1. The average molecular weight is 480 g/mol. The van der Waals surface area contributed by atoms with Gasteiger partial charge >= 0.3 is 0 Å². The lowest BCUT2D eigenvalue weighted by Gasteiger charge is -2.35. The summed E-state index contributed by atoms with van der Waals surface area (Å²) in [5, 5.41) is 3.27. The number of fused-ring (bicyclic) bond motifs is 1. The van der Waals surface area contributed by atoms with Crippen LogP contribution in [0.15, 0.2) is 24.5 Å². The molecule has 0 atom stereocenters. The van der Waals surface area contributed by atoms with Crippen LogP contribution in [0.25, 0.3) is 10.2 Å². The molecule has 180 valence electrons. The largest absolute Gasteiger partial charge is 0.368 e. The van der Waals surface area contributed by atoms with Crippen molar-refractivity contribution < 1.29 is 4.79 Å². The highest BCUT2D eigenvalue weighted by atomic mass is 32.1. The van der Waals surface area contributed by atoms with Crippen molar-refractivity contribution in [3.8, 4) is 0 Å². The molecule has 1 saturated heterocycles. The van der Waals surface area contributed by atoms with Crippen LogP contribution in [0.3, 0.4) is 0 Å². The van der Waals surface area contributed by atoms with Crippen molar-refractivity contribution in [1.82, 2.24) is 24.8 Å². The van der Waals surface area contributed by atoms with E-state index in [0.29, 0.717) is 11.9 Å². The van der Waals surface area contributed by atoms with Gasteiger partial charge in [-0.15, -0.1) is 11.3 Å². The molecule has 9 heteroatoms. The van der Waals surface area contributed by atoms with E-state index in [9.17, 15) is 4.79 Å². The molecule has 3 aromatic rings. The number of anilines is 3. The summed E-state index contributed by atoms with van der Waals surface area (Å²) in [5.74, 6) is 1.68. The molecule has 2 aliphatic rings. The van der Waals surface area contributed by atoms with Crippen molar-refractivity contribution in [3.05, 3.63) is 35.0 Å². The highest BCUT2D eigenvalue weighted by Crippen LogP contribution is 2.43. The second-order valence-corrected chi connectivity index (χ2v) is 10.4. The summed E-state index contributed by atoms with van der Waals surface area (Å²) in [6, 6.07) is 4.10. The van der Waals surface area contributed by atoms with Gasteiger partial charge in [0.15, 0.2) is 0 Å². The van der Waals surface area contributed by atoms with Crippen molar-refractivity contribution in [3.63, 3.8) is 0 Å². The molecule has 0 radical (unpaired) electrons. The number of piperazine rings is 1. The molecule has 1 aliphatic carbocycles. The summed E-state index contributed by atoms with van der Waals surface area (Å²) in [6.45, 7) is 7.55. The highest BCUT2D eigenvalue weighted by Gasteiger charge is 2.29. The van der Waals surface area contributed by atoms with Gasteiger partial charge in [0, 0.05) is 45.8 Å². The van der Waals surface area contributed by atoms with Crippen molar-refractivity contribution in [2.75, 3.05) is 57.0 Å². The third-order valence-electron chi connectivity index (χ3n) is 7.00. The molecule has 1 N–H and O–H groups in total. The van der Waals surface area contributed by atoms with Gasteiger partial charge in [-0.1, -0.05) is 19.8 Å². The molecular weight excluding hydrogens is 446 g/mol. The van der Waals surface area contributed by atoms with Crippen molar-refractivity contribution in [1.29, 1.82) is 0 Å². The Balaban J connectivity index is 1.38. The fourth-order valence-corrected chi connectivity index (χ4v) is 6.23. The first-order valence-electron chi connectivity index (χ1n) is 12.2. The minimum absolute atomic E-state index is 0.0523. The number of likely N-dealkylation sites (N-methyl/N-ethyl adjacent to an activating group) is 1. The fraction of sp³-hybridized carbons (Fsp3) is 0.520. The second kappa shape index (κ2) is 9.84. The van der Waals surface area contributed by atoms with Gasteiger partial charge < -0.3 is 20.0 Å². The Bertz CT molecular complexity index is 1150. The van der Waals surface area contributed by atoms with Gasteiger partial charge in [-0.05, 0) is 37.4 Å². The molecule has 34 heavy (non-hydrogen) atoms. The topological polar surface area (TPSA) is 77.5 Å². The molecular formula is C25H33N7OS. The Morgan fingerprint density at radius 2 is 1.88 bits per heavy atom. The van der Waals surface area contributed by atoms with Crippen LogP contribution in [0.2, 0.25) is 0 Å². The predicted octanol–water partition coefficient (Wildman–Crippen LogP) is 4.33. The van der Waals surface area contributed by atoms with Crippen molar-refractivity contribution in [2.24, 2.45) is 0 Å². The van der Waals surface area contributed by atoms with Gasteiger partial charge in [-0.3, -0.25) is 4.79 Å². The van der Waals surface area contributed by atoms with Gasteiger partial charge in [0.25, 0.3) is 5.91 Å². The number of nitrogens with one attached hydrogen (secondary N) is 1. The monoisotopic (exact) mass is 479 g/mol. The molecule has 0 unspecified atom stereocenters. The zero-order chi connectivity index (χ0) is 23.7. The first kappa shape index (κ1) is 23.0. The summed E-state index contributed by atoms with van der Waals surface area (Å²) in [4.78, 5) is 34.3. The summed E-state index contributed by atoms with van der Waals surface area (Å²) >= 11 is 1.51. The van der Waals surface area contributed by atoms with E-state index in [1.807, 2.05) is 32.6 Å². The molecule has 3 aromatic heterocycles. The molecule has 0 spiro atoms. The Morgan fingerprint density at radius 3 is 2.53 bits per heavy atom. The number of carbonyl (C=O) groups is 1. The number of hydrogen-bond acceptors (Lipinski definition) is 8. The van der Waals surface area contributed by atoms with Gasteiger partial charge in [-0.2, -0.15) is 0 Å². The van der Waals surface area contributed by atoms with Gasteiger partial charge in [0.1, 0.15) is 5.82 Å². The van der Waals surface area contributed by atoms with Crippen LogP contribution in [0.4, 0.5) is 17.5 Å². The number of pyridine rings is 1. The van der Waals surface area contributed by atoms with E-state index in [-0.39, 0.29) is 5.91 Å². The number of hydrogen-bond donors (Lipinski definition) is 1. The Labute approximate surface area is 205 Å². The summed E-state index contributed by atoms with van der Waals surface area (Å²) in [5.41, 5.74) is 3.16. The number of amides is 1. The van der Waals surface area contributed by atoms with Crippen LogP contribution >= 0.6 is 11.3 Å². The summed E-state index contributed by atoms with van der Waals surface area (Å²) in [7, 11) is 3.62. The van der Waals surface area contributed by atoms with Crippen LogP contribution in [0.5, 0.6) is 0 Å². The Hall–Kier alpha value is -2.78. The van der Waals surface area contributed by atoms with Gasteiger partial charge in [-0.25, -0.2) is 15.0 Å². The predicted molar refractivity (Wildman–Crippen MR) is 138 cm³/mol. The summed E-state index contributed by atoms with van der Waals surface area (Å²) in [6.07, 6.45) is 8.39. The van der Waals surface area contributed by atoms with Crippen LogP contribution in [-0.4, -0.2) is 77.5 Å². The fourth-order valence-electron chi connectivity index (χ4n) is 5.01. The lowest BCUT2D eigenvalue weighted by Crippen LogP contribution is -2.46. The lowest BCUT2D eigenvalue weighted by molar-refractivity contribution is 0.0831. The van der Waals surface area contributed by atoms with E-state index < -0.39 is 0 Å². The maximum Gasteiger partial charge on any atom is 0.263 e. The first-order valence-corrected chi connectivity index (χ1v) is 13.1. The van der Waals surface area contributed by atoms with Gasteiger partial charge in [0.2, 0.25) is 5.95 Å². The molecule has 1 aliphatic heterocycles. The smallest absolute Gasteiger partial charge is 0.263 e. The molecule has 4 heterocycles. The summed E-state index contributed by atoms with van der Waals surface area (Å²) < 4.78 is 0.965. The van der Waals surface area contributed by atoms with Crippen LogP contribution in [0.1, 0.15) is 53.8 Å². The van der Waals surface area contributed by atoms with Crippen LogP contribution in [-0.2, 0) is 0 Å². The first-order chi connectivity index (χ1) is 16.5. The van der Waals surface area contributed by atoms with E-state index >= 15 is 0 Å². The maximum atomic E-state index is 12.9. The Kier molecular flexibility index (Phi) is 6.65. The second-order valence-electron chi connectivity index (χ2n) is 9.38. The van der Waals surface area contributed by atoms with Crippen molar-refractivity contribution >= 4 is 44.9 Å². The molecule has 8 nitrogen and oxygen atoms in total. The van der Waals surface area contributed by atoms with Crippen LogP contribution < -0.4 is 10.2 Å². The molecule has 2 fully saturated rings. The van der Waals surface area contributed by atoms with Crippen LogP contribution in [0, 0.1) is 0 Å². The zero-order valence-corrected chi connectivity index (χ0v) is 21.1. The number of rotatable bonds is 6.